The molecule has 1 rings (SSSR count). The highest BCUT2D eigenvalue weighted by molar-refractivity contribution is 5.60. The van der Waals surface area contributed by atoms with Crippen molar-refractivity contribution in [3.63, 3.8) is 0 Å². The van der Waals surface area contributed by atoms with E-state index in [1.807, 2.05) is 6.92 Å². The quantitative estimate of drug-likeness (QED) is 0.519. The fourth-order valence-corrected chi connectivity index (χ4v) is 1.06. The lowest BCUT2D eigenvalue weighted by atomic mass is 10.1. The third kappa shape index (κ3) is 1.37. The Morgan fingerprint density at radius 2 is 2.27 bits per heavy atom. The Morgan fingerprint density at radius 1 is 1.55 bits per heavy atom. The molecule has 58 valence electrons. The summed E-state index contributed by atoms with van der Waals surface area (Å²) in [5.74, 6) is 0. The van der Waals surface area contributed by atoms with E-state index in [0.717, 1.165) is 12.0 Å². The molecular formula is C8H10N2O. The van der Waals surface area contributed by atoms with Gasteiger partial charge in [-0.2, -0.15) is 0 Å². The molecule has 0 bridgehead atoms. The summed E-state index contributed by atoms with van der Waals surface area (Å²) in [4.78, 5) is 10.2. The Balaban J connectivity index is 3.23. The van der Waals surface area contributed by atoms with Gasteiger partial charge in [-0.25, -0.2) is 0 Å². The molecule has 2 N–H and O–H groups in total. The summed E-state index contributed by atoms with van der Waals surface area (Å²) in [7, 11) is 0. The average Bonchev–Trinajstić information content (AvgIpc) is 2.04. The minimum atomic E-state index is 0.451. The maximum Gasteiger partial charge on any atom is 0.113 e. The third-order valence-corrected chi connectivity index (χ3v) is 1.64. The van der Waals surface area contributed by atoms with Gasteiger partial charge in [0.05, 0.1) is 0 Å². The van der Waals surface area contributed by atoms with Crippen LogP contribution in [0.25, 0.3) is 0 Å². The Kier molecular flexibility index (Phi) is 2.21. The molecular weight excluding hydrogens is 140 g/mol. The normalized spacial score (nSPS) is 9.55. The molecule has 0 aromatic heterocycles. The highest BCUT2D eigenvalue weighted by Crippen LogP contribution is 2.24. The van der Waals surface area contributed by atoms with Gasteiger partial charge in [-0.1, -0.05) is 13.0 Å². The van der Waals surface area contributed by atoms with Crippen molar-refractivity contribution in [3.05, 3.63) is 28.7 Å². The molecule has 3 nitrogen and oxygen atoms in total. The van der Waals surface area contributed by atoms with Crippen LogP contribution in [0.4, 0.5) is 11.4 Å². The summed E-state index contributed by atoms with van der Waals surface area (Å²) in [6, 6.07) is 5.17. The Bertz CT molecular complexity index is 271. The molecule has 0 saturated carbocycles. The fourth-order valence-electron chi connectivity index (χ4n) is 1.06. The van der Waals surface area contributed by atoms with Crippen molar-refractivity contribution in [2.75, 3.05) is 5.73 Å². The van der Waals surface area contributed by atoms with Crippen LogP contribution in [0.15, 0.2) is 23.4 Å². The zero-order valence-corrected chi connectivity index (χ0v) is 6.37. The largest absolute Gasteiger partial charge is 0.398 e. The number of hydrogen-bond donors (Lipinski definition) is 1. The minimum absolute atomic E-state index is 0.451. The fraction of sp³-hybridized carbons (Fsp3) is 0.250. The maximum absolute atomic E-state index is 10.2. The molecule has 0 atom stereocenters. The van der Waals surface area contributed by atoms with Gasteiger partial charge in [-0.3, -0.25) is 0 Å². The number of nitrogen functional groups attached to an aromatic ring is 1. The Hall–Kier alpha value is -1.38. The highest BCUT2D eigenvalue weighted by atomic mass is 16.3. The van der Waals surface area contributed by atoms with Crippen LogP contribution in [0.2, 0.25) is 0 Å². The molecule has 0 amide bonds. The van der Waals surface area contributed by atoms with E-state index in [1.165, 1.54) is 0 Å². The summed E-state index contributed by atoms with van der Waals surface area (Å²) in [6.07, 6.45) is 0.744. The third-order valence-electron chi connectivity index (χ3n) is 1.64. The van der Waals surface area contributed by atoms with Crippen molar-refractivity contribution in [3.8, 4) is 0 Å². The van der Waals surface area contributed by atoms with Crippen LogP contribution in [0.1, 0.15) is 12.5 Å². The van der Waals surface area contributed by atoms with Crippen molar-refractivity contribution < 1.29 is 0 Å². The van der Waals surface area contributed by atoms with Crippen molar-refractivity contribution in [2.24, 2.45) is 5.18 Å². The van der Waals surface area contributed by atoms with Gasteiger partial charge in [0.15, 0.2) is 0 Å². The molecule has 0 aliphatic carbocycles. The van der Waals surface area contributed by atoms with Crippen LogP contribution in [0.5, 0.6) is 0 Å². The van der Waals surface area contributed by atoms with Gasteiger partial charge in [-0.05, 0) is 23.7 Å². The van der Waals surface area contributed by atoms with E-state index in [-0.39, 0.29) is 0 Å². The predicted molar refractivity (Wildman–Crippen MR) is 45.7 cm³/mol. The van der Waals surface area contributed by atoms with E-state index < -0.39 is 0 Å². The summed E-state index contributed by atoms with van der Waals surface area (Å²) in [6.45, 7) is 1.94. The van der Waals surface area contributed by atoms with Gasteiger partial charge in [0.2, 0.25) is 0 Å². The molecule has 11 heavy (non-hydrogen) atoms. The molecule has 0 unspecified atom stereocenters. The first kappa shape index (κ1) is 7.72. The van der Waals surface area contributed by atoms with Crippen molar-refractivity contribution in [1.82, 2.24) is 0 Å². The molecule has 0 fully saturated rings. The smallest absolute Gasteiger partial charge is 0.113 e. The van der Waals surface area contributed by atoms with Crippen LogP contribution in [-0.2, 0) is 6.42 Å². The van der Waals surface area contributed by atoms with Crippen LogP contribution >= 0.6 is 0 Å². The number of nitroso groups, excluding NO2 is 1. The first-order chi connectivity index (χ1) is 5.29. The second-order valence-electron chi connectivity index (χ2n) is 2.29. The molecule has 3 heteroatoms. The van der Waals surface area contributed by atoms with Crippen LogP contribution in [-0.4, -0.2) is 0 Å². The number of nitrogens with zero attached hydrogens (tertiary/aromatic N) is 1. The molecule has 0 heterocycles. The van der Waals surface area contributed by atoms with Gasteiger partial charge in [0.25, 0.3) is 0 Å². The molecule has 0 spiro atoms. The number of benzene rings is 1. The molecule has 0 aliphatic heterocycles. The Morgan fingerprint density at radius 3 is 2.73 bits per heavy atom. The molecule has 0 saturated heterocycles. The van der Waals surface area contributed by atoms with Gasteiger partial charge < -0.3 is 5.73 Å². The molecule has 0 aliphatic rings. The van der Waals surface area contributed by atoms with E-state index in [9.17, 15) is 4.91 Å². The van der Waals surface area contributed by atoms with Crippen molar-refractivity contribution in [1.29, 1.82) is 0 Å². The minimum Gasteiger partial charge on any atom is -0.398 e. The van der Waals surface area contributed by atoms with Crippen molar-refractivity contribution in [2.45, 2.75) is 13.3 Å². The van der Waals surface area contributed by atoms with Gasteiger partial charge in [0.1, 0.15) is 5.69 Å². The highest BCUT2D eigenvalue weighted by Gasteiger charge is 2.02. The lowest BCUT2D eigenvalue weighted by molar-refractivity contribution is 1.14. The van der Waals surface area contributed by atoms with E-state index in [0.29, 0.717) is 11.4 Å². The summed E-state index contributed by atoms with van der Waals surface area (Å²) < 4.78 is 0. The molecule has 0 radical (unpaired) electrons. The summed E-state index contributed by atoms with van der Waals surface area (Å²) in [5.41, 5.74) is 7.54. The number of nitrogens with two attached hydrogens (primary N) is 1. The van der Waals surface area contributed by atoms with Crippen LogP contribution < -0.4 is 5.73 Å². The molecule has 1 aromatic rings. The molecule has 1 aromatic carbocycles. The lowest BCUT2D eigenvalue weighted by Crippen LogP contribution is -1.91. The first-order valence-electron chi connectivity index (χ1n) is 3.50. The van der Waals surface area contributed by atoms with Crippen molar-refractivity contribution >= 4 is 11.4 Å². The zero-order valence-electron chi connectivity index (χ0n) is 6.37. The lowest BCUT2D eigenvalue weighted by Gasteiger charge is -2.02. The van der Waals surface area contributed by atoms with Gasteiger partial charge in [-0.15, -0.1) is 4.91 Å². The van der Waals surface area contributed by atoms with Gasteiger partial charge >= 0.3 is 0 Å². The monoisotopic (exact) mass is 150 g/mol. The average molecular weight is 150 g/mol. The Labute approximate surface area is 65.2 Å². The second-order valence-corrected chi connectivity index (χ2v) is 2.29. The first-order valence-corrected chi connectivity index (χ1v) is 3.50. The topological polar surface area (TPSA) is 55.4 Å². The number of rotatable bonds is 2. The SMILES string of the molecule is CCc1c(N)cccc1N=O. The van der Waals surface area contributed by atoms with E-state index in [2.05, 4.69) is 5.18 Å². The van der Waals surface area contributed by atoms with Crippen LogP contribution in [0, 0.1) is 4.91 Å². The number of anilines is 1. The maximum atomic E-state index is 10.2. The predicted octanol–water partition coefficient (Wildman–Crippen LogP) is 2.23. The zero-order chi connectivity index (χ0) is 8.27. The van der Waals surface area contributed by atoms with Gasteiger partial charge in [0, 0.05) is 11.3 Å². The van der Waals surface area contributed by atoms with E-state index in [1.54, 1.807) is 18.2 Å². The van der Waals surface area contributed by atoms with Crippen LogP contribution in [0.3, 0.4) is 0 Å². The van der Waals surface area contributed by atoms with E-state index in [4.69, 9.17) is 5.73 Å². The standard InChI is InChI=1S/C8H10N2O/c1-2-6-7(9)4-3-5-8(6)10-11/h3-5H,2,9H2,1H3. The second kappa shape index (κ2) is 3.14. The number of hydrogen-bond acceptors (Lipinski definition) is 3. The summed E-state index contributed by atoms with van der Waals surface area (Å²) in [5, 5.41) is 2.87. The van der Waals surface area contributed by atoms with E-state index >= 15 is 0 Å². The summed E-state index contributed by atoms with van der Waals surface area (Å²) >= 11 is 0.